The number of carbonyl (C=O) groups excluding carboxylic acids is 1. The summed E-state index contributed by atoms with van der Waals surface area (Å²) in [6, 6.07) is 1.47. The smallest absolute Gasteiger partial charge is 0.343 e. The Labute approximate surface area is 93.2 Å². The van der Waals surface area contributed by atoms with Gasteiger partial charge in [0.05, 0.1) is 18.2 Å². The van der Waals surface area contributed by atoms with E-state index in [9.17, 15) is 4.79 Å². The van der Waals surface area contributed by atoms with Crippen molar-refractivity contribution in [1.82, 2.24) is 4.98 Å². The Bertz CT molecular complexity index is 366. The van der Waals surface area contributed by atoms with Crippen LogP contribution in [0.4, 0.5) is 0 Å². The first-order chi connectivity index (χ1) is 7.04. The van der Waals surface area contributed by atoms with Crippen LogP contribution in [-0.4, -0.2) is 24.2 Å². The van der Waals surface area contributed by atoms with E-state index in [1.54, 1.807) is 0 Å². The van der Waals surface area contributed by atoms with Crippen LogP contribution in [0.25, 0.3) is 0 Å². The molecule has 5 heteroatoms. The predicted molar refractivity (Wildman–Crippen MR) is 56.4 cm³/mol. The van der Waals surface area contributed by atoms with Gasteiger partial charge in [-0.15, -0.1) is 0 Å². The lowest BCUT2D eigenvalue weighted by Crippen LogP contribution is -2.12. The van der Waals surface area contributed by atoms with Gasteiger partial charge in [-0.05, 0) is 19.9 Å². The molecule has 0 aliphatic carbocycles. The van der Waals surface area contributed by atoms with Gasteiger partial charge in [0.25, 0.3) is 0 Å². The topological polar surface area (TPSA) is 48.4 Å². The van der Waals surface area contributed by atoms with Gasteiger partial charge >= 0.3 is 5.97 Å². The Morgan fingerprint density at radius 1 is 1.53 bits per heavy atom. The minimum Gasteiger partial charge on any atom is -0.474 e. The van der Waals surface area contributed by atoms with Gasteiger partial charge < -0.3 is 9.47 Å². The second-order valence-electron chi connectivity index (χ2n) is 3.16. The van der Waals surface area contributed by atoms with Crippen molar-refractivity contribution in [3.63, 3.8) is 0 Å². The average Bonchev–Trinajstić information content (AvgIpc) is 2.19. The number of esters is 1. The van der Waals surface area contributed by atoms with Crippen molar-refractivity contribution in [2.24, 2.45) is 0 Å². The van der Waals surface area contributed by atoms with Crippen molar-refractivity contribution in [3.8, 4) is 5.88 Å². The molecule has 0 saturated heterocycles. The zero-order chi connectivity index (χ0) is 11.4. The third-order valence-corrected chi connectivity index (χ3v) is 1.78. The third kappa shape index (κ3) is 3.09. The van der Waals surface area contributed by atoms with E-state index in [1.807, 2.05) is 13.8 Å². The number of hydrogen-bond acceptors (Lipinski definition) is 4. The number of pyridine rings is 1. The van der Waals surface area contributed by atoms with E-state index in [0.29, 0.717) is 5.02 Å². The molecule has 0 bridgehead atoms. The molecule has 1 aromatic rings. The fraction of sp³-hybridized carbons (Fsp3) is 0.400. The molecule has 1 rings (SSSR count). The summed E-state index contributed by atoms with van der Waals surface area (Å²) in [6.45, 7) is 3.69. The lowest BCUT2D eigenvalue weighted by Gasteiger charge is -2.11. The number of hydrogen-bond donors (Lipinski definition) is 0. The highest BCUT2D eigenvalue weighted by Gasteiger charge is 2.16. The fourth-order valence-corrected chi connectivity index (χ4v) is 1.16. The third-order valence-electron chi connectivity index (χ3n) is 1.57. The first-order valence-corrected chi connectivity index (χ1v) is 4.83. The fourth-order valence-electron chi connectivity index (χ4n) is 1.00. The number of rotatable bonds is 3. The lowest BCUT2D eigenvalue weighted by molar-refractivity contribution is 0.0593. The van der Waals surface area contributed by atoms with Crippen LogP contribution in [0.15, 0.2) is 12.3 Å². The van der Waals surface area contributed by atoms with E-state index in [4.69, 9.17) is 16.3 Å². The van der Waals surface area contributed by atoms with Gasteiger partial charge in [0.1, 0.15) is 5.56 Å². The highest BCUT2D eigenvalue weighted by molar-refractivity contribution is 6.30. The number of nitrogens with zero attached hydrogens (tertiary/aromatic N) is 1. The molecular formula is C10H12ClNO3. The minimum atomic E-state index is -0.513. The van der Waals surface area contributed by atoms with E-state index < -0.39 is 5.97 Å². The van der Waals surface area contributed by atoms with Crippen LogP contribution in [0, 0.1) is 0 Å². The minimum absolute atomic E-state index is 0.0675. The van der Waals surface area contributed by atoms with Crippen LogP contribution in [0.2, 0.25) is 5.02 Å². The van der Waals surface area contributed by atoms with Gasteiger partial charge in [-0.25, -0.2) is 9.78 Å². The summed E-state index contributed by atoms with van der Waals surface area (Å²) in [5, 5.41) is 0.367. The Morgan fingerprint density at radius 2 is 2.20 bits per heavy atom. The van der Waals surface area contributed by atoms with Gasteiger partial charge in [0.2, 0.25) is 5.88 Å². The van der Waals surface area contributed by atoms with Crippen LogP contribution < -0.4 is 4.74 Å². The summed E-state index contributed by atoms with van der Waals surface area (Å²) in [7, 11) is 1.29. The molecule has 0 saturated carbocycles. The van der Waals surface area contributed by atoms with Gasteiger partial charge in [0, 0.05) is 6.20 Å². The second-order valence-corrected chi connectivity index (χ2v) is 3.60. The van der Waals surface area contributed by atoms with Gasteiger partial charge in [0.15, 0.2) is 0 Å². The van der Waals surface area contributed by atoms with Crippen molar-refractivity contribution in [2.75, 3.05) is 7.11 Å². The standard InChI is InChI=1S/C10H12ClNO3/c1-6(2)15-9-8(10(13)14-3)4-7(11)5-12-9/h4-6H,1-3H3. The van der Waals surface area contributed by atoms with Crippen molar-refractivity contribution in [1.29, 1.82) is 0 Å². The Hall–Kier alpha value is -1.29. The lowest BCUT2D eigenvalue weighted by atomic mass is 10.2. The molecule has 0 amide bonds. The summed E-state index contributed by atoms with van der Waals surface area (Å²) in [4.78, 5) is 15.3. The zero-order valence-corrected chi connectivity index (χ0v) is 9.54. The summed E-state index contributed by atoms with van der Waals surface area (Å²) in [5.41, 5.74) is 0.235. The van der Waals surface area contributed by atoms with E-state index in [0.717, 1.165) is 0 Å². The quantitative estimate of drug-likeness (QED) is 0.747. The maximum atomic E-state index is 11.4. The van der Waals surface area contributed by atoms with Crippen LogP contribution in [0.3, 0.4) is 0 Å². The summed E-state index contributed by atoms with van der Waals surface area (Å²) >= 11 is 5.73. The number of methoxy groups -OCH3 is 1. The summed E-state index contributed by atoms with van der Waals surface area (Å²) in [6.07, 6.45) is 1.35. The molecule has 1 heterocycles. The first-order valence-electron chi connectivity index (χ1n) is 4.45. The monoisotopic (exact) mass is 229 g/mol. The van der Waals surface area contributed by atoms with Crippen LogP contribution >= 0.6 is 11.6 Å². The van der Waals surface area contributed by atoms with E-state index in [1.165, 1.54) is 19.4 Å². The number of ether oxygens (including phenoxy) is 2. The maximum absolute atomic E-state index is 11.4. The Morgan fingerprint density at radius 3 is 2.73 bits per heavy atom. The van der Waals surface area contributed by atoms with E-state index >= 15 is 0 Å². The highest BCUT2D eigenvalue weighted by atomic mass is 35.5. The molecular weight excluding hydrogens is 218 g/mol. The van der Waals surface area contributed by atoms with Crippen LogP contribution in [0.5, 0.6) is 5.88 Å². The molecule has 0 aliphatic rings. The normalized spacial score (nSPS) is 10.2. The molecule has 0 spiro atoms. The predicted octanol–water partition coefficient (Wildman–Crippen LogP) is 2.31. The summed E-state index contributed by atoms with van der Waals surface area (Å²) < 4.78 is 9.95. The summed E-state index contributed by atoms with van der Waals surface area (Å²) in [5.74, 6) is -0.276. The van der Waals surface area contributed by atoms with Crippen LogP contribution in [-0.2, 0) is 4.74 Å². The zero-order valence-electron chi connectivity index (χ0n) is 8.78. The van der Waals surface area contributed by atoms with Gasteiger partial charge in [-0.1, -0.05) is 11.6 Å². The molecule has 0 atom stereocenters. The van der Waals surface area contributed by atoms with Crippen molar-refractivity contribution < 1.29 is 14.3 Å². The molecule has 0 unspecified atom stereocenters. The van der Waals surface area contributed by atoms with E-state index in [-0.39, 0.29) is 17.5 Å². The second kappa shape index (κ2) is 4.98. The highest BCUT2D eigenvalue weighted by Crippen LogP contribution is 2.21. The number of aromatic nitrogens is 1. The average molecular weight is 230 g/mol. The molecule has 82 valence electrons. The van der Waals surface area contributed by atoms with Crippen LogP contribution in [0.1, 0.15) is 24.2 Å². The SMILES string of the molecule is COC(=O)c1cc(Cl)cnc1OC(C)C. The van der Waals surface area contributed by atoms with Gasteiger partial charge in [-0.3, -0.25) is 0 Å². The van der Waals surface area contributed by atoms with Crippen molar-refractivity contribution in [3.05, 3.63) is 22.8 Å². The molecule has 0 aliphatic heterocycles. The first kappa shape index (κ1) is 11.8. The molecule has 15 heavy (non-hydrogen) atoms. The van der Waals surface area contributed by atoms with Crippen molar-refractivity contribution >= 4 is 17.6 Å². The Kier molecular flexibility index (Phi) is 3.91. The molecule has 1 aromatic heterocycles. The Balaban J connectivity index is 3.08. The maximum Gasteiger partial charge on any atom is 0.343 e. The number of halogens is 1. The molecule has 0 N–H and O–H groups in total. The molecule has 0 radical (unpaired) electrons. The number of carbonyl (C=O) groups is 1. The van der Waals surface area contributed by atoms with E-state index in [2.05, 4.69) is 9.72 Å². The van der Waals surface area contributed by atoms with Gasteiger partial charge in [-0.2, -0.15) is 0 Å². The molecule has 0 aromatic carbocycles. The molecule has 0 fully saturated rings. The largest absolute Gasteiger partial charge is 0.474 e. The van der Waals surface area contributed by atoms with Crippen molar-refractivity contribution in [2.45, 2.75) is 20.0 Å². The molecule has 4 nitrogen and oxygen atoms in total.